The lowest BCUT2D eigenvalue weighted by atomic mass is 10.0. The first-order chi connectivity index (χ1) is 8.88. The highest BCUT2D eigenvalue weighted by atomic mass is 32.2. The molecule has 0 fully saturated rings. The Kier molecular flexibility index (Phi) is 3.43. The summed E-state index contributed by atoms with van der Waals surface area (Å²) in [6, 6.07) is 11.1. The van der Waals surface area contributed by atoms with Gasteiger partial charge in [0.25, 0.3) is 0 Å². The number of fused-ring (bicyclic) bond motifs is 1. The second-order valence-electron chi connectivity index (χ2n) is 4.56. The molecule has 1 aromatic heterocycles. The molecule has 0 radical (unpaired) electrons. The molecular formula is C15H17NOS. The van der Waals surface area contributed by atoms with Crippen LogP contribution in [0.25, 0.3) is 0 Å². The number of hydrogen-bond donors (Lipinski definition) is 1. The molecule has 1 aliphatic rings. The van der Waals surface area contributed by atoms with Gasteiger partial charge in [0, 0.05) is 21.8 Å². The molecule has 2 aromatic rings. The van der Waals surface area contributed by atoms with Crippen LogP contribution in [0.2, 0.25) is 0 Å². The Balaban J connectivity index is 1.82. The zero-order valence-electron chi connectivity index (χ0n) is 10.4. The maximum Gasteiger partial charge on any atom is 0.0950 e. The third kappa shape index (κ3) is 2.20. The van der Waals surface area contributed by atoms with Crippen LogP contribution < -0.4 is 5.32 Å². The third-order valence-corrected chi connectivity index (χ3v) is 4.76. The Morgan fingerprint density at radius 2 is 2.28 bits per heavy atom. The van der Waals surface area contributed by atoms with Gasteiger partial charge >= 0.3 is 0 Å². The summed E-state index contributed by atoms with van der Waals surface area (Å²) in [5, 5.41) is 4.14. The van der Waals surface area contributed by atoms with Crippen LogP contribution in [0.1, 0.15) is 24.1 Å². The van der Waals surface area contributed by atoms with Crippen LogP contribution in [0, 0.1) is 0 Å². The molecule has 1 N–H and O–H groups in total. The predicted molar refractivity (Wildman–Crippen MR) is 74.9 cm³/mol. The van der Waals surface area contributed by atoms with Crippen molar-refractivity contribution in [3.8, 4) is 0 Å². The Bertz CT molecular complexity index is 484. The van der Waals surface area contributed by atoms with Crippen LogP contribution in [-0.2, 0) is 6.42 Å². The lowest BCUT2D eigenvalue weighted by Gasteiger charge is -2.22. The quantitative estimate of drug-likeness (QED) is 0.907. The Morgan fingerprint density at radius 1 is 1.39 bits per heavy atom. The minimum atomic E-state index is 0.367. The van der Waals surface area contributed by atoms with Crippen molar-refractivity contribution >= 4 is 11.8 Å². The highest BCUT2D eigenvalue weighted by Gasteiger charge is 2.30. The van der Waals surface area contributed by atoms with E-state index in [1.54, 1.807) is 6.26 Å². The molecule has 2 atom stereocenters. The molecule has 0 aliphatic carbocycles. The molecule has 0 bridgehead atoms. The van der Waals surface area contributed by atoms with E-state index >= 15 is 0 Å². The van der Waals surface area contributed by atoms with Crippen LogP contribution in [0.3, 0.4) is 0 Å². The fraction of sp³-hybridized carbons (Fsp3) is 0.333. The van der Waals surface area contributed by atoms with Gasteiger partial charge in [-0.2, -0.15) is 0 Å². The largest absolute Gasteiger partial charge is 0.472 e. The summed E-state index contributed by atoms with van der Waals surface area (Å²) in [5.41, 5.74) is 2.72. The highest BCUT2D eigenvalue weighted by Crippen LogP contribution is 2.42. The van der Waals surface area contributed by atoms with Crippen LogP contribution in [-0.4, -0.2) is 11.8 Å². The lowest BCUT2D eigenvalue weighted by Crippen LogP contribution is -2.29. The molecule has 3 heteroatoms. The van der Waals surface area contributed by atoms with Gasteiger partial charge in [-0.05, 0) is 30.7 Å². The van der Waals surface area contributed by atoms with Gasteiger partial charge < -0.3 is 9.73 Å². The van der Waals surface area contributed by atoms with Gasteiger partial charge in [-0.15, -0.1) is 11.8 Å². The summed E-state index contributed by atoms with van der Waals surface area (Å²) in [6.45, 7) is 3.13. The van der Waals surface area contributed by atoms with Gasteiger partial charge in [-0.1, -0.05) is 25.1 Å². The van der Waals surface area contributed by atoms with Gasteiger partial charge in [-0.3, -0.25) is 0 Å². The van der Waals surface area contributed by atoms with Crippen molar-refractivity contribution in [3.63, 3.8) is 0 Å². The number of nitrogens with one attached hydrogen (secondary N) is 1. The topological polar surface area (TPSA) is 25.2 Å². The van der Waals surface area contributed by atoms with Crippen molar-refractivity contribution < 1.29 is 4.42 Å². The molecule has 3 rings (SSSR count). The summed E-state index contributed by atoms with van der Waals surface area (Å²) in [6.07, 6.45) is 4.74. The van der Waals surface area contributed by atoms with Gasteiger partial charge in [-0.25, -0.2) is 0 Å². The standard InChI is InChI=1S/C15H17NOS/c1-2-16-15(12-7-8-17-10-12)14-9-11-5-3-4-6-13(11)18-14/h3-8,10,14-16H,2,9H2,1H3. The monoisotopic (exact) mass is 259 g/mol. The molecule has 2 nitrogen and oxygen atoms in total. The van der Waals surface area contributed by atoms with E-state index in [1.807, 2.05) is 18.0 Å². The van der Waals surface area contributed by atoms with Crippen molar-refractivity contribution in [1.29, 1.82) is 0 Å². The van der Waals surface area contributed by atoms with Crippen LogP contribution >= 0.6 is 11.8 Å². The molecule has 1 aliphatic heterocycles. The minimum absolute atomic E-state index is 0.367. The van der Waals surface area contributed by atoms with Crippen molar-refractivity contribution in [2.45, 2.75) is 29.5 Å². The molecule has 2 heterocycles. The number of rotatable bonds is 4. The van der Waals surface area contributed by atoms with Crippen molar-refractivity contribution in [2.75, 3.05) is 6.54 Å². The summed E-state index contributed by atoms with van der Waals surface area (Å²) in [4.78, 5) is 1.42. The fourth-order valence-corrected chi connectivity index (χ4v) is 3.97. The predicted octanol–water partition coefficient (Wildman–Crippen LogP) is 3.65. The number of hydrogen-bond acceptors (Lipinski definition) is 3. The zero-order valence-corrected chi connectivity index (χ0v) is 11.2. The highest BCUT2D eigenvalue weighted by molar-refractivity contribution is 8.00. The third-order valence-electron chi connectivity index (χ3n) is 3.37. The normalized spacial score (nSPS) is 19.7. The van der Waals surface area contributed by atoms with E-state index in [0.29, 0.717) is 11.3 Å². The summed E-state index contributed by atoms with van der Waals surface area (Å²) in [5.74, 6) is 0. The summed E-state index contributed by atoms with van der Waals surface area (Å²) in [7, 11) is 0. The van der Waals surface area contributed by atoms with Crippen LogP contribution in [0.4, 0.5) is 0 Å². The molecule has 2 unspecified atom stereocenters. The Hall–Kier alpha value is -1.19. The van der Waals surface area contributed by atoms with Gasteiger partial charge in [0.2, 0.25) is 0 Å². The van der Waals surface area contributed by atoms with E-state index in [0.717, 1.165) is 13.0 Å². The first-order valence-corrected chi connectivity index (χ1v) is 7.26. The van der Waals surface area contributed by atoms with Crippen molar-refractivity contribution in [3.05, 3.63) is 54.0 Å². The maximum atomic E-state index is 5.23. The van der Waals surface area contributed by atoms with E-state index in [9.17, 15) is 0 Å². The smallest absolute Gasteiger partial charge is 0.0950 e. The van der Waals surface area contributed by atoms with E-state index in [1.165, 1.54) is 16.0 Å². The Labute approximate surface area is 112 Å². The maximum absolute atomic E-state index is 5.23. The molecule has 94 valence electrons. The average Bonchev–Trinajstić information content (AvgIpc) is 3.04. The van der Waals surface area contributed by atoms with E-state index < -0.39 is 0 Å². The SMILES string of the molecule is CCNC(c1ccoc1)C1Cc2ccccc2S1. The molecule has 0 amide bonds. The van der Waals surface area contributed by atoms with Crippen LogP contribution in [0.5, 0.6) is 0 Å². The first-order valence-electron chi connectivity index (χ1n) is 6.38. The molecule has 18 heavy (non-hydrogen) atoms. The molecule has 0 spiro atoms. The van der Waals surface area contributed by atoms with Gasteiger partial charge in [0.1, 0.15) is 0 Å². The summed E-state index contributed by atoms with van der Waals surface area (Å²) >= 11 is 1.98. The summed E-state index contributed by atoms with van der Waals surface area (Å²) < 4.78 is 5.23. The van der Waals surface area contributed by atoms with E-state index in [-0.39, 0.29) is 0 Å². The minimum Gasteiger partial charge on any atom is -0.472 e. The van der Waals surface area contributed by atoms with Crippen molar-refractivity contribution in [2.24, 2.45) is 0 Å². The Morgan fingerprint density at radius 3 is 3.00 bits per heavy atom. The lowest BCUT2D eigenvalue weighted by molar-refractivity contribution is 0.513. The van der Waals surface area contributed by atoms with Crippen molar-refractivity contribution in [1.82, 2.24) is 5.32 Å². The number of benzene rings is 1. The average molecular weight is 259 g/mol. The zero-order chi connectivity index (χ0) is 12.4. The molecule has 1 aromatic carbocycles. The fourth-order valence-electron chi connectivity index (χ4n) is 2.53. The molecule has 0 saturated heterocycles. The van der Waals surface area contributed by atoms with Gasteiger partial charge in [0.15, 0.2) is 0 Å². The number of furan rings is 1. The van der Waals surface area contributed by atoms with Gasteiger partial charge in [0.05, 0.1) is 12.5 Å². The first kappa shape index (κ1) is 11.9. The van der Waals surface area contributed by atoms with E-state index in [4.69, 9.17) is 4.42 Å². The van der Waals surface area contributed by atoms with Crippen LogP contribution in [0.15, 0.2) is 52.2 Å². The molecular weight excluding hydrogens is 242 g/mol. The second-order valence-corrected chi connectivity index (χ2v) is 5.84. The molecule has 0 saturated carbocycles. The number of thioether (sulfide) groups is 1. The second kappa shape index (κ2) is 5.21. The van der Waals surface area contributed by atoms with E-state index in [2.05, 4.69) is 42.6 Å².